The molecule has 0 fully saturated rings. The molecule has 2 rings (SSSR count). The topological polar surface area (TPSA) is 93.7 Å². The van der Waals surface area contributed by atoms with Crippen molar-refractivity contribution in [2.45, 2.75) is 0 Å². The minimum absolute atomic E-state index is 0.0314. The van der Waals surface area contributed by atoms with Gasteiger partial charge >= 0.3 is 11.9 Å². The zero-order valence-electron chi connectivity index (χ0n) is 14.2. The van der Waals surface area contributed by atoms with Crippen LogP contribution >= 0.6 is 11.6 Å². The number of hydrogen-bond acceptors (Lipinski definition) is 6. The Morgan fingerprint density at radius 1 is 0.923 bits per heavy atom. The molecule has 0 bridgehead atoms. The lowest BCUT2D eigenvalue weighted by atomic mass is 10.2. The smallest absolute Gasteiger partial charge is 0.337 e. The molecule has 0 spiro atoms. The zero-order valence-corrected chi connectivity index (χ0v) is 14.9. The Balaban J connectivity index is 1.97. The number of ether oxygens (including phenoxy) is 2. The minimum atomic E-state index is -0.527. The Kier molecular flexibility index (Phi) is 6.57. The number of hydrogen-bond donors (Lipinski definition) is 2. The summed E-state index contributed by atoms with van der Waals surface area (Å²) in [6.45, 7) is -0.0314. The molecule has 7 nitrogen and oxygen atoms in total. The fourth-order valence-corrected chi connectivity index (χ4v) is 2.25. The maximum atomic E-state index is 12.1. The van der Waals surface area contributed by atoms with Gasteiger partial charge in [0, 0.05) is 5.69 Å². The number of rotatable bonds is 6. The molecular weight excluding hydrogens is 360 g/mol. The van der Waals surface area contributed by atoms with Crippen molar-refractivity contribution in [2.75, 3.05) is 31.4 Å². The highest BCUT2D eigenvalue weighted by Crippen LogP contribution is 2.23. The van der Waals surface area contributed by atoms with Gasteiger partial charge in [0.1, 0.15) is 0 Å². The van der Waals surface area contributed by atoms with Crippen LogP contribution in [0.15, 0.2) is 42.5 Å². The molecule has 0 radical (unpaired) electrons. The standard InChI is InChI=1S/C18H17ClN2O5/c1-25-17(23)11-3-6-13(7-4-11)20-10-16(22)21-15-9-12(18(24)26-2)5-8-14(15)19/h3-9,20H,10H2,1-2H3,(H,21,22). The first kappa shape index (κ1) is 19.3. The van der Waals surface area contributed by atoms with E-state index in [1.165, 1.54) is 32.4 Å². The molecule has 1 amide bonds. The number of carbonyl (C=O) groups excluding carboxylic acids is 3. The largest absolute Gasteiger partial charge is 0.465 e. The molecule has 0 heterocycles. The van der Waals surface area contributed by atoms with Crippen molar-refractivity contribution in [2.24, 2.45) is 0 Å². The van der Waals surface area contributed by atoms with Gasteiger partial charge in [0.25, 0.3) is 0 Å². The van der Waals surface area contributed by atoms with Gasteiger partial charge in [0.2, 0.25) is 5.91 Å². The number of nitrogens with one attached hydrogen (secondary N) is 2. The van der Waals surface area contributed by atoms with Crippen LogP contribution in [0.5, 0.6) is 0 Å². The monoisotopic (exact) mass is 376 g/mol. The highest BCUT2D eigenvalue weighted by molar-refractivity contribution is 6.33. The summed E-state index contributed by atoms with van der Waals surface area (Å²) in [5, 5.41) is 5.84. The second-order valence-electron chi connectivity index (χ2n) is 5.16. The lowest BCUT2D eigenvalue weighted by Crippen LogP contribution is -2.22. The second-order valence-corrected chi connectivity index (χ2v) is 5.56. The first-order chi connectivity index (χ1) is 12.4. The number of benzene rings is 2. The predicted octanol–water partition coefficient (Wildman–Crippen LogP) is 2.96. The highest BCUT2D eigenvalue weighted by atomic mass is 35.5. The van der Waals surface area contributed by atoms with Gasteiger partial charge < -0.3 is 20.1 Å². The molecule has 0 saturated heterocycles. The van der Waals surface area contributed by atoms with Crippen molar-refractivity contribution >= 4 is 40.8 Å². The van der Waals surface area contributed by atoms with Crippen molar-refractivity contribution in [1.29, 1.82) is 0 Å². The summed E-state index contributed by atoms with van der Waals surface area (Å²) in [7, 11) is 2.57. The molecule has 8 heteroatoms. The van der Waals surface area contributed by atoms with Crippen LogP contribution in [0.3, 0.4) is 0 Å². The van der Waals surface area contributed by atoms with E-state index >= 15 is 0 Å². The molecule has 136 valence electrons. The number of esters is 2. The van der Waals surface area contributed by atoms with E-state index < -0.39 is 11.9 Å². The Bertz CT molecular complexity index is 821. The lowest BCUT2D eigenvalue weighted by molar-refractivity contribution is -0.114. The zero-order chi connectivity index (χ0) is 19.1. The van der Waals surface area contributed by atoms with Crippen LogP contribution < -0.4 is 10.6 Å². The summed E-state index contributed by atoms with van der Waals surface area (Å²) in [4.78, 5) is 35.0. The quantitative estimate of drug-likeness (QED) is 0.753. The SMILES string of the molecule is COC(=O)c1ccc(NCC(=O)Nc2cc(C(=O)OC)ccc2Cl)cc1. The van der Waals surface area contributed by atoms with Crippen molar-refractivity contribution in [3.05, 3.63) is 58.6 Å². The summed E-state index contributed by atoms with van der Waals surface area (Å²) in [5.74, 6) is -1.32. The van der Waals surface area contributed by atoms with Crippen LogP contribution in [0.2, 0.25) is 5.02 Å². The molecule has 2 aromatic rings. The third-order valence-corrected chi connectivity index (χ3v) is 3.75. The summed E-state index contributed by atoms with van der Waals surface area (Å²) in [5.41, 5.74) is 1.65. The van der Waals surface area contributed by atoms with Crippen LogP contribution in [-0.2, 0) is 14.3 Å². The molecular formula is C18H17ClN2O5. The van der Waals surface area contributed by atoms with E-state index in [2.05, 4.69) is 20.1 Å². The number of carbonyl (C=O) groups is 3. The summed E-state index contributed by atoms with van der Waals surface area (Å²) in [6.07, 6.45) is 0. The van der Waals surface area contributed by atoms with Gasteiger partial charge in [-0.2, -0.15) is 0 Å². The molecule has 0 saturated carbocycles. The summed E-state index contributed by atoms with van der Waals surface area (Å²) in [6, 6.07) is 10.9. The first-order valence-electron chi connectivity index (χ1n) is 7.54. The predicted molar refractivity (Wildman–Crippen MR) is 97.7 cm³/mol. The Labute approximate surface area is 155 Å². The van der Waals surface area contributed by atoms with Crippen molar-refractivity contribution in [3.8, 4) is 0 Å². The minimum Gasteiger partial charge on any atom is -0.465 e. The van der Waals surface area contributed by atoms with Crippen molar-refractivity contribution in [1.82, 2.24) is 0 Å². The molecule has 0 unspecified atom stereocenters. The maximum absolute atomic E-state index is 12.1. The molecule has 0 aliphatic heterocycles. The van der Waals surface area contributed by atoms with Crippen LogP contribution in [-0.4, -0.2) is 38.6 Å². The summed E-state index contributed by atoms with van der Waals surface area (Å²) >= 11 is 6.04. The lowest BCUT2D eigenvalue weighted by Gasteiger charge is -2.10. The molecule has 2 aromatic carbocycles. The normalized spacial score (nSPS) is 9.96. The molecule has 0 aromatic heterocycles. The van der Waals surface area contributed by atoms with E-state index in [0.29, 0.717) is 22.0 Å². The van der Waals surface area contributed by atoms with E-state index in [1.54, 1.807) is 24.3 Å². The number of halogens is 1. The first-order valence-corrected chi connectivity index (χ1v) is 7.92. The highest BCUT2D eigenvalue weighted by Gasteiger charge is 2.11. The Morgan fingerprint density at radius 2 is 1.50 bits per heavy atom. The van der Waals surface area contributed by atoms with E-state index in [9.17, 15) is 14.4 Å². The van der Waals surface area contributed by atoms with Gasteiger partial charge in [-0.15, -0.1) is 0 Å². The number of amides is 1. The fourth-order valence-electron chi connectivity index (χ4n) is 2.08. The van der Waals surface area contributed by atoms with Gasteiger partial charge in [-0.3, -0.25) is 4.79 Å². The number of anilines is 2. The average Bonchev–Trinajstić information content (AvgIpc) is 2.67. The average molecular weight is 377 g/mol. The van der Waals surface area contributed by atoms with E-state index in [4.69, 9.17) is 11.6 Å². The van der Waals surface area contributed by atoms with E-state index in [1.807, 2.05) is 0 Å². The molecule has 26 heavy (non-hydrogen) atoms. The van der Waals surface area contributed by atoms with Gasteiger partial charge in [-0.25, -0.2) is 9.59 Å². The van der Waals surface area contributed by atoms with Gasteiger partial charge in [-0.05, 0) is 42.5 Å². The third-order valence-electron chi connectivity index (χ3n) is 3.42. The van der Waals surface area contributed by atoms with E-state index in [0.717, 1.165) is 0 Å². The van der Waals surface area contributed by atoms with Crippen LogP contribution in [0.1, 0.15) is 20.7 Å². The van der Waals surface area contributed by atoms with Gasteiger partial charge in [0.15, 0.2) is 0 Å². The van der Waals surface area contributed by atoms with Crippen molar-refractivity contribution < 1.29 is 23.9 Å². The Morgan fingerprint density at radius 3 is 2.12 bits per heavy atom. The number of methoxy groups -OCH3 is 2. The summed E-state index contributed by atoms with van der Waals surface area (Å²) < 4.78 is 9.25. The fraction of sp³-hybridized carbons (Fsp3) is 0.167. The third kappa shape index (κ3) is 4.97. The van der Waals surface area contributed by atoms with Crippen molar-refractivity contribution in [3.63, 3.8) is 0 Å². The van der Waals surface area contributed by atoms with Crippen LogP contribution in [0, 0.1) is 0 Å². The molecule has 0 aliphatic carbocycles. The van der Waals surface area contributed by atoms with Crippen LogP contribution in [0.4, 0.5) is 11.4 Å². The maximum Gasteiger partial charge on any atom is 0.337 e. The second kappa shape index (κ2) is 8.87. The van der Waals surface area contributed by atoms with Gasteiger partial charge in [-0.1, -0.05) is 11.6 Å². The molecule has 2 N–H and O–H groups in total. The molecule has 0 aliphatic rings. The Hall–Kier alpha value is -3.06. The van der Waals surface area contributed by atoms with Gasteiger partial charge in [0.05, 0.1) is 42.6 Å². The molecule has 0 atom stereocenters. The van der Waals surface area contributed by atoms with E-state index in [-0.39, 0.29) is 18.0 Å². The van der Waals surface area contributed by atoms with Crippen LogP contribution in [0.25, 0.3) is 0 Å².